The summed E-state index contributed by atoms with van der Waals surface area (Å²) < 4.78 is 15.1. The first-order chi connectivity index (χ1) is 16.6. The van der Waals surface area contributed by atoms with Gasteiger partial charge in [0.05, 0.1) is 11.0 Å². The minimum atomic E-state index is -0.351. The third kappa shape index (κ3) is 6.22. The molecule has 3 aromatic rings. The highest BCUT2D eigenvalue weighted by atomic mass is 19.1. The highest BCUT2D eigenvalue weighted by Gasteiger charge is 2.19. The number of rotatable bonds is 9. The molecule has 0 radical (unpaired) electrons. The van der Waals surface area contributed by atoms with Gasteiger partial charge in [0, 0.05) is 31.6 Å². The van der Waals surface area contributed by atoms with E-state index in [0.717, 1.165) is 68.5 Å². The predicted molar refractivity (Wildman–Crippen MR) is 131 cm³/mol. The van der Waals surface area contributed by atoms with Gasteiger partial charge in [-0.25, -0.2) is 9.37 Å². The number of halogens is 1. The topological polar surface area (TPSA) is 67.2 Å². The quantitative estimate of drug-likeness (QED) is 0.466. The van der Waals surface area contributed by atoms with Crippen LogP contribution >= 0.6 is 0 Å². The van der Waals surface area contributed by atoms with Crippen LogP contribution in [0, 0.1) is 5.82 Å². The normalized spacial score (nSPS) is 14.2. The van der Waals surface area contributed by atoms with Gasteiger partial charge < -0.3 is 14.8 Å². The number of hydrogen-bond donors (Lipinski definition) is 1. The molecule has 6 nitrogen and oxygen atoms in total. The Hall–Kier alpha value is -3.22. The van der Waals surface area contributed by atoms with E-state index in [1.165, 1.54) is 37.1 Å². The Bertz CT molecular complexity index is 1100. The number of nitrogens with one attached hydrogen (secondary N) is 1. The zero-order valence-electron chi connectivity index (χ0n) is 19.6. The number of aromatic nitrogens is 2. The van der Waals surface area contributed by atoms with E-state index in [1.807, 2.05) is 29.2 Å². The van der Waals surface area contributed by atoms with Crippen molar-refractivity contribution in [2.45, 2.75) is 57.9 Å². The molecule has 0 atom stereocenters. The van der Waals surface area contributed by atoms with E-state index in [4.69, 9.17) is 4.98 Å². The number of aryl methyl sites for hydroxylation is 1. The number of likely N-dealkylation sites (tertiary alicyclic amines) is 1. The lowest BCUT2D eigenvalue weighted by molar-refractivity contribution is -0.131. The minimum absolute atomic E-state index is 0.176. The van der Waals surface area contributed by atoms with Crippen LogP contribution in [-0.4, -0.2) is 45.9 Å². The number of nitrogens with zero attached hydrogens (tertiary/aromatic N) is 3. The Morgan fingerprint density at radius 1 is 0.912 bits per heavy atom. The third-order valence-corrected chi connectivity index (χ3v) is 6.45. The number of fused-ring (bicyclic) bond motifs is 1. The summed E-state index contributed by atoms with van der Waals surface area (Å²) in [6.45, 7) is 2.61. The van der Waals surface area contributed by atoms with Crippen LogP contribution in [0.1, 0.15) is 61.1 Å². The average Bonchev–Trinajstić information content (AvgIpc) is 3.00. The van der Waals surface area contributed by atoms with Crippen molar-refractivity contribution in [3.63, 3.8) is 0 Å². The first-order valence-corrected chi connectivity index (χ1v) is 12.4. The Morgan fingerprint density at radius 2 is 1.65 bits per heavy atom. The van der Waals surface area contributed by atoms with Crippen molar-refractivity contribution in [3.8, 4) is 0 Å². The fraction of sp³-hybridized carbons (Fsp3) is 0.444. The Labute approximate surface area is 200 Å². The molecule has 7 heteroatoms. The van der Waals surface area contributed by atoms with E-state index in [9.17, 15) is 14.0 Å². The molecule has 1 fully saturated rings. The van der Waals surface area contributed by atoms with Crippen molar-refractivity contribution in [2.24, 2.45) is 0 Å². The summed E-state index contributed by atoms with van der Waals surface area (Å²) in [7, 11) is 0. The van der Waals surface area contributed by atoms with Gasteiger partial charge in [0.15, 0.2) is 0 Å². The van der Waals surface area contributed by atoms with Crippen molar-refractivity contribution < 1.29 is 14.0 Å². The molecule has 1 aliphatic rings. The van der Waals surface area contributed by atoms with Crippen LogP contribution in [0.15, 0.2) is 48.5 Å². The van der Waals surface area contributed by atoms with E-state index in [2.05, 4.69) is 9.88 Å². The number of carbonyl (C=O) groups is 2. The summed E-state index contributed by atoms with van der Waals surface area (Å²) in [4.78, 5) is 32.0. The molecule has 1 N–H and O–H groups in total. The Balaban J connectivity index is 1.29. The van der Waals surface area contributed by atoms with E-state index < -0.39 is 0 Å². The van der Waals surface area contributed by atoms with Crippen molar-refractivity contribution in [3.05, 3.63) is 65.7 Å². The van der Waals surface area contributed by atoms with Crippen LogP contribution in [0.5, 0.6) is 0 Å². The predicted octanol–water partition coefficient (Wildman–Crippen LogP) is 4.72. The third-order valence-electron chi connectivity index (χ3n) is 6.45. The average molecular weight is 465 g/mol. The maximum Gasteiger partial charge on any atom is 0.251 e. The number of imidazole rings is 1. The molecule has 1 saturated heterocycles. The summed E-state index contributed by atoms with van der Waals surface area (Å²) >= 11 is 0. The van der Waals surface area contributed by atoms with Crippen LogP contribution < -0.4 is 5.32 Å². The van der Waals surface area contributed by atoms with E-state index in [0.29, 0.717) is 18.7 Å². The zero-order chi connectivity index (χ0) is 23.8. The number of carbonyl (C=O) groups excluding carboxylic acids is 2. The molecule has 0 unspecified atom stereocenters. The number of amides is 2. The fourth-order valence-electron chi connectivity index (χ4n) is 4.54. The Kier molecular flexibility index (Phi) is 8.28. The maximum absolute atomic E-state index is 13.0. The maximum atomic E-state index is 13.0. The van der Waals surface area contributed by atoms with Crippen molar-refractivity contribution in [1.82, 2.24) is 19.8 Å². The second-order valence-electron chi connectivity index (χ2n) is 8.97. The van der Waals surface area contributed by atoms with Crippen LogP contribution in [0.3, 0.4) is 0 Å². The standard InChI is InChI=1S/C27H33FN4O2/c28-22-15-13-21(14-16-22)27(34)29-17-7-3-4-12-25-30-23-10-5-6-11-24(23)32(25)20-26(33)31-18-8-1-2-9-19-31/h5-6,10-11,13-16H,1-4,7-9,12,17-20H2,(H,29,34). The summed E-state index contributed by atoms with van der Waals surface area (Å²) in [5, 5.41) is 2.89. The molecule has 2 amide bonds. The first-order valence-electron chi connectivity index (χ1n) is 12.4. The monoisotopic (exact) mass is 464 g/mol. The van der Waals surface area contributed by atoms with Gasteiger partial charge in [0.25, 0.3) is 5.91 Å². The van der Waals surface area contributed by atoms with E-state index in [-0.39, 0.29) is 17.6 Å². The number of para-hydroxylation sites is 2. The van der Waals surface area contributed by atoms with Crippen LogP contribution in [0.25, 0.3) is 11.0 Å². The van der Waals surface area contributed by atoms with Gasteiger partial charge >= 0.3 is 0 Å². The van der Waals surface area contributed by atoms with Gasteiger partial charge in [-0.05, 0) is 62.1 Å². The van der Waals surface area contributed by atoms with E-state index >= 15 is 0 Å². The molecule has 0 spiro atoms. The van der Waals surface area contributed by atoms with Crippen molar-refractivity contribution in [1.29, 1.82) is 0 Å². The number of hydrogen-bond acceptors (Lipinski definition) is 3. The molecule has 34 heavy (non-hydrogen) atoms. The molecular formula is C27H33FN4O2. The molecule has 0 aliphatic carbocycles. The minimum Gasteiger partial charge on any atom is -0.352 e. The van der Waals surface area contributed by atoms with Gasteiger partial charge in [0.1, 0.15) is 18.2 Å². The summed E-state index contributed by atoms with van der Waals surface area (Å²) in [5.74, 6) is 0.582. The highest BCUT2D eigenvalue weighted by molar-refractivity contribution is 5.94. The molecule has 0 saturated carbocycles. The lowest BCUT2D eigenvalue weighted by atomic mass is 10.1. The lowest BCUT2D eigenvalue weighted by Gasteiger charge is -2.21. The largest absolute Gasteiger partial charge is 0.352 e. The van der Waals surface area contributed by atoms with Crippen molar-refractivity contribution >= 4 is 22.8 Å². The lowest BCUT2D eigenvalue weighted by Crippen LogP contribution is -2.34. The molecule has 2 aromatic carbocycles. The van der Waals surface area contributed by atoms with Gasteiger partial charge in [-0.1, -0.05) is 31.4 Å². The van der Waals surface area contributed by atoms with E-state index in [1.54, 1.807) is 0 Å². The van der Waals surface area contributed by atoms with Crippen LogP contribution in [0.2, 0.25) is 0 Å². The first kappa shape index (κ1) is 23.9. The molecule has 1 aliphatic heterocycles. The summed E-state index contributed by atoms with van der Waals surface area (Å²) in [6.07, 6.45) is 8.07. The molecule has 2 heterocycles. The van der Waals surface area contributed by atoms with Crippen LogP contribution in [-0.2, 0) is 17.8 Å². The molecule has 4 rings (SSSR count). The van der Waals surface area contributed by atoms with Crippen LogP contribution in [0.4, 0.5) is 4.39 Å². The second kappa shape index (κ2) is 11.8. The number of benzene rings is 2. The molecular weight excluding hydrogens is 431 g/mol. The van der Waals surface area contributed by atoms with Gasteiger partial charge in [-0.3, -0.25) is 9.59 Å². The fourth-order valence-corrected chi connectivity index (χ4v) is 4.54. The highest BCUT2D eigenvalue weighted by Crippen LogP contribution is 2.19. The SMILES string of the molecule is O=C(NCCCCCc1nc2ccccc2n1CC(=O)N1CCCCCC1)c1ccc(F)cc1. The summed E-state index contributed by atoms with van der Waals surface area (Å²) in [6, 6.07) is 13.6. The van der Waals surface area contributed by atoms with Gasteiger partial charge in [0.2, 0.25) is 5.91 Å². The van der Waals surface area contributed by atoms with Crippen molar-refractivity contribution in [2.75, 3.05) is 19.6 Å². The van der Waals surface area contributed by atoms with Gasteiger partial charge in [-0.2, -0.15) is 0 Å². The molecule has 180 valence electrons. The second-order valence-corrected chi connectivity index (χ2v) is 8.97. The zero-order valence-corrected chi connectivity index (χ0v) is 19.6. The van der Waals surface area contributed by atoms with Gasteiger partial charge in [-0.15, -0.1) is 0 Å². The Morgan fingerprint density at radius 3 is 2.41 bits per heavy atom. The smallest absolute Gasteiger partial charge is 0.251 e. The molecule has 1 aromatic heterocycles. The number of unbranched alkanes of at least 4 members (excludes halogenated alkanes) is 2. The summed E-state index contributed by atoms with van der Waals surface area (Å²) in [5.41, 5.74) is 2.39. The molecule has 0 bridgehead atoms.